The third kappa shape index (κ3) is 5.46. The molecule has 0 bridgehead atoms. The van der Waals surface area contributed by atoms with E-state index in [1.165, 1.54) is 0 Å². The van der Waals surface area contributed by atoms with E-state index in [1.54, 1.807) is 0 Å². The summed E-state index contributed by atoms with van der Waals surface area (Å²) < 4.78 is 5.24. The average Bonchev–Trinajstić information content (AvgIpc) is 2.42. The summed E-state index contributed by atoms with van der Waals surface area (Å²) in [7, 11) is 0. The first-order chi connectivity index (χ1) is 9.19. The summed E-state index contributed by atoms with van der Waals surface area (Å²) in [6.45, 7) is 5.99. The van der Waals surface area contributed by atoms with Gasteiger partial charge in [0, 0.05) is 30.5 Å². The molecule has 0 aliphatic heterocycles. The summed E-state index contributed by atoms with van der Waals surface area (Å²) in [5.41, 5.74) is 4.39. The van der Waals surface area contributed by atoms with Crippen LogP contribution in [0.2, 0.25) is 5.02 Å². The van der Waals surface area contributed by atoms with E-state index in [-0.39, 0.29) is 0 Å². The molecule has 0 radical (unpaired) electrons. The summed E-state index contributed by atoms with van der Waals surface area (Å²) in [5.74, 6) is 5.96. The molecule has 0 aliphatic carbocycles. The smallest absolute Gasteiger partial charge is 0.210 e. The zero-order valence-corrected chi connectivity index (χ0v) is 12.1. The molecule has 6 heteroatoms. The van der Waals surface area contributed by atoms with Crippen LogP contribution >= 0.6 is 11.6 Å². The number of guanidine groups is 1. The van der Waals surface area contributed by atoms with Gasteiger partial charge in [-0.3, -0.25) is 10.4 Å². The molecule has 4 N–H and O–H groups in total. The van der Waals surface area contributed by atoms with Crippen molar-refractivity contribution in [3.63, 3.8) is 0 Å². The van der Waals surface area contributed by atoms with Crippen molar-refractivity contribution in [3.8, 4) is 0 Å². The summed E-state index contributed by atoms with van der Waals surface area (Å²) in [6.07, 6.45) is 0.856. The van der Waals surface area contributed by atoms with Crippen LogP contribution in [0.1, 0.15) is 18.9 Å². The summed E-state index contributed by atoms with van der Waals surface area (Å²) >= 11 is 6.05. The normalized spacial score (nSPS) is 11.5. The first kappa shape index (κ1) is 15.8. The van der Waals surface area contributed by atoms with Crippen molar-refractivity contribution >= 4 is 23.2 Å². The Balaban J connectivity index is 2.56. The zero-order chi connectivity index (χ0) is 14.1. The third-order valence-electron chi connectivity index (χ3n) is 2.58. The largest absolute Gasteiger partial charge is 0.382 e. The molecule has 19 heavy (non-hydrogen) atoms. The van der Waals surface area contributed by atoms with Gasteiger partial charge in [-0.15, -0.1) is 0 Å². The van der Waals surface area contributed by atoms with Crippen LogP contribution in [-0.2, 0) is 4.74 Å². The van der Waals surface area contributed by atoms with E-state index in [4.69, 9.17) is 22.2 Å². The molecule has 1 aromatic carbocycles. The van der Waals surface area contributed by atoms with Crippen LogP contribution in [0.15, 0.2) is 23.2 Å². The molecule has 0 atom stereocenters. The Kier molecular flexibility index (Phi) is 7.25. The fourth-order valence-corrected chi connectivity index (χ4v) is 1.67. The Morgan fingerprint density at radius 3 is 2.95 bits per heavy atom. The molecule has 0 fully saturated rings. The van der Waals surface area contributed by atoms with Gasteiger partial charge in [0.1, 0.15) is 0 Å². The van der Waals surface area contributed by atoms with Crippen LogP contribution < -0.4 is 16.6 Å². The lowest BCUT2D eigenvalue weighted by Crippen LogP contribution is -2.36. The highest BCUT2D eigenvalue weighted by atomic mass is 35.5. The lowest BCUT2D eigenvalue weighted by molar-refractivity contribution is 0.146. The maximum absolute atomic E-state index is 6.05. The zero-order valence-electron chi connectivity index (χ0n) is 11.4. The van der Waals surface area contributed by atoms with Crippen LogP contribution in [-0.4, -0.2) is 25.7 Å². The Hall–Kier alpha value is -1.30. The number of hydrogen-bond acceptors (Lipinski definition) is 3. The molecule has 0 heterocycles. The van der Waals surface area contributed by atoms with Crippen molar-refractivity contribution in [2.24, 2.45) is 10.8 Å². The minimum Gasteiger partial charge on any atom is -0.382 e. The monoisotopic (exact) mass is 284 g/mol. The molecule has 1 rings (SSSR count). The fourth-order valence-electron chi connectivity index (χ4n) is 1.49. The second-order valence-electron chi connectivity index (χ2n) is 3.96. The van der Waals surface area contributed by atoms with Crippen molar-refractivity contribution in [1.29, 1.82) is 0 Å². The van der Waals surface area contributed by atoms with Crippen molar-refractivity contribution in [2.75, 3.05) is 25.1 Å². The number of anilines is 1. The van der Waals surface area contributed by atoms with Crippen molar-refractivity contribution in [3.05, 3.63) is 28.8 Å². The SMILES string of the molecule is CCOCCCN=C(NN)Nc1cccc(Cl)c1C. The molecule has 0 unspecified atom stereocenters. The number of rotatable bonds is 6. The van der Waals surface area contributed by atoms with Gasteiger partial charge in [-0.2, -0.15) is 0 Å². The Morgan fingerprint density at radius 2 is 2.26 bits per heavy atom. The summed E-state index contributed by atoms with van der Waals surface area (Å²) in [6, 6.07) is 5.64. The van der Waals surface area contributed by atoms with Gasteiger partial charge >= 0.3 is 0 Å². The van der Waals surface area contributed by atoms with E-state index in [2.05, 4.69) is 15.7 Å². The summed E-state index contributed by atoms with van der Waals surface area (Å²) in [5, 5.41) is 3.82. The molecule has 5 nitrogen and oxygen atoms in total. The number of nitrogens with one attached hydrogen (secondary N) is 2. The highest BCUT2D eigenvalue weighted by molar-refractivity contribution is 6.31. The van der Waals surface area contributed by atoms with E-state index in [1.807, 2.05) is 32.0 Å². The first-order valence-corrected chi connectivity index (χ1v) is 6.67. The predicted octanol–water partition coefficient (Wildman–Crippen LogP) is 2.31. The van der Waals surface area contributed by atoms with Crippen molar-refractivity contribution < 1.29 is 4.74 Å². The molecule has 1 aromatic rings. The Morgan fingerprint density at radius 1 is 1.47 bits per heavy atom. The second kappa shape index (κ2) is 8.74. The predicted molar refractivity (Wildman–Crippen MR) is 80.5 cm³/mol. The van der Waals surface area contributed by atoms with Gasteiger partial charge in [0.05, 0.1) is 0 Å². The number of aliphatic imine (C=N–C) groups is 1. The number of hydrogen-bond donors (Lipinski definition) is 3. The standard InChI is InChI=1S/C13H21ClN4O/c1-3-19-9-5-8-16-13(18-15)17-12-7-4-6-11(14)10(12)2/h4,6-7H,3,5,8-9,15H2,1-2H3,(H2,16,17,18). The maximum atomic E-state index is 6.05. The lowest BCUT2D eigenvalue weighted by Gasteiger charge is -2.12. The summed E-state index contributed by atoms with van der Waals surface area (Å²) in [4.78, 5) is 4.33. The highest BCUT2D eigenvalue weighted by Crippen LogP contribution is 2.22. The maximum Gasteiger partial charge on any atom is 0.210 e. The van der Waals surface area contributed by atoms with Gasteiger partial charge < -0.3 is 10.1 Å². The third-order valence-corrected chi connectivity index (χ3v) is 2.99. The first-order valence-electron chi connectivity index (χ1n) is 6.30. The number of nitrogens with zero attached hydrogens (tertiary/aromatic N) is 1. The van der Waals surface area contributed by atoms with Crippen LogP contribution in [0, 0.1) is 6.92 Å². The molecule has 0 aromatic heterocycles. The number of benzene rings is 1. The Labute approximate surface area is 119 Å². The van der Waals surface area contributed by atoms with E-state index in [0.717, 1.165) is 24.3 Å². The molecular weight excluding hydrogens is 264 g/mol. The Bertz CT molecular complexity index is 423. The van der Waals surface area contributed by atoms with E-state index >= 15 is 0 Å². The van der Waals surface area contributed by atoms with Crippen molar-refractivity contribution in [2.45, 2.75) is 20.3 Å². The number of ether oxygens (including phenoxy) is 1. The van der Waals surface area contributed by atoms with E-state index in [9.17, 15) is 0 Å². The van der Waals surface area contributed by atoms with Gasteiger partial charge in [0.15, 0.2) is 0 Å². The molecule has 0 aliphatic rings. The fraction of sp³-hybridized carbons (Fsp3) is 0.462. The van der Waals surface area contributed by atoms with Crippen LogP contribution in [0.25, 0.3) is 0 Å². The van der Waals surface area contributed by atoms with Gasteiger partial charge in [0.25, 0.3) is 0 Å². The molecule has 0 saturated carbocycles. The van der Waals surface area contributed by atoms with Crippen molar-refractivity contribution in [1.82, 2.24) is 5.43 Å². The molecule has 0 spiro atoms. The van der Waals surface area contributed by atoms with Gasteiger partial charge in [0.2, 0.25) is 5.96 Å². The number of halogens is 1. The van der Waals surface area contributed by atoms with Crippen LogP contribution in [0.3, 0.4) is 0 Å². The van der Waals surface area contributed by atoms with Gasteiger partial charge in [-0.25, -0.2) is 5.84 Å². The van der Waals surface area contributed by atoms with Crippen LogP contribution in [0.4, 0.5) is 5.69 Å². The second-order valence-corrected chi connectivity index (χ2v) is 4.37. The molecular formula is C13H21ClN4O. The molecule has 0 amide bonds. The van der Waals surface area contributed by atoms with E-state index in [0.29, 0.717) is 24.1 Å². The number of nitrogens with two attached hydrogens (primary N) is 1. The highest BCUT2D eigenvalue weighted by Gasteiger charge is 2.03. The quantitative estimate of drug-likeness (QED) is 0.246. The van der Waals surface area contributed by atoms with E-state index < -0.39 is 0 Å². The topological polar surface area (TPSA) is 71.7 Å². The molecule has 106 valence electrons. The minimum atomic E-state index is 0.516. The average molecular weight is 285 g/mol. The minimum absolute atomic E-state index is 0.516. The van der Waals surface area contributed by atoms with Gasteiger partial charge in [-0.05, 0) is 38.0 Å². The van der Waals surface area contributed by atoms with Crippen LogP contribution in [0.5, 0.6) is 0 Å². The number of hydrazine groups is 1. The molecule has 0 saturated heterocycles. The van der Waals surface area contributed by atoms with Gasteiger partial charge in [-0.1, -0.05) is 17.7 Å². The lowest BCUT2D eigenvalue weighted by atomic mass is 10.2.